The van der Waals surface area contributed by atoms with Crippen LogP contribution in [0.3, 0.4) is 0 Å². The Bertz CT molecular complexity index is 615. The van der Waals surface area contributed by atoms with Crippen LogP contribution < -0.4 is 20.1 Å². The van der Waals surface area contributed by atoms with E-state index in [1.54, 1.807) is 13.0 Å². The maximum Gasteiger partial charge on any atom is 0.338 e. The van der Waals surface area contributed by atoms with Crippen LogP contribution in [0, 0.1) is 5.92 Å². The van der Waals surface area contributed by atoms with Crippen molar-refractivity contribution in [3.05, 3.63) is 23.8 Å². The molecular weight excluding hydrogens is 328 g/mol. The van der Waals surface area contributed by atoms with Crippen LogP contribution in [-0.2, 0) is 9.53 Å². The molecule has 0 unspecified atom stereocenters. The number of hydrogen-bond donors (Lipinski definition) is 2. The fourth-order valence-electron chi connectivity index (χ4n) is 1.75. The molecule has 0 aliphatic carbocycles. The summed E-state index contributed by atoms with van der Waals surface area (Å²) in [4.78, 5) is 34.7. The fraction of sp³-hybridized carbons (Fsp3) is 0.471. The molecule has 0 fully saturated rings. The van der Waals surface area contributed by atoms with E-state index in [1.807, 2.05) is 19.2 Å². The number of amides is 3. The number of hydrogen-bond acceptors (Lipinski definition) is 6. The number of urea groups is 1. The zero-order chi connectivity index (χ0) is 18.8. The lowest BCUT2D eigenvalue weighted by Crippen LogP contribution is -2.41. The molecule has 0 saturated carbocycles. The van der Waals surface area contributed by atoms with Crippen LogP contribution >= 0.6 is 0 Å². The van der Waals surface area contributed by atoms with Gasteiger partial charge in [-0.05, 0) is 31.0 Å². The van der Waals surface area contributed by atoms with Crippen molar-refractivity contribution in [2.75, 3.05) is 26.9 Å². The molecule has 25 heavy (non-hydrogen) atoms. The SMILES string of the molecule is CCNC(=O)NC(=O)COC(=O)c1ccc(OCC(C)C)c(OC)c1. The second-order valence-corrected chi connectivity index (χ2v) is 5.55. The van der Waals surface area contributed by atoms with E-state index in [-0.39, 0.29) is 5.56 Å². The number of carbonyl (C=O) groups excluding carboxylic acids is 3. The molecule has 0 radical (unpaired) electrons. The highest BCUT2D eigenvalue weighted by Crippen LogP contribution is 2.28. The summed E-state index contributed by atoms with van der Waals surface area (Å²) in [6.07, 6.45) is 0. The predicted molar refractivity (Wildman–Crippen MR) is 90.8 cm³/mol. The smallest absolute Gasteiger partial charge is 0.338 e. The van der Waals surface area contributed by atoms with Gasteiger partial charge in [-0.25, -0.2) is 9.59 Å². The Labute approximate surface area is 146 Å². The molecule has 3 amide bonds. The first-order valence-corrected chi connectivity index (χ1v) is 7.93. The lowest BCUT2D eigenvalue weighted by atomic mass is 10.2. The van der Waals surface area contributed by atoms with Gasteiger partial charge >= 0.3 is 12.0 Å². The third-order valence-corrected chi connectivity index (χ3v) is 2.90. The minimum absolute atomic E-state index is 0.208. The average Bonchev–Trinajstić information content (AvgIpc) is 2.57. The standard InChI is InChI=1S/C17H24N2O6/c1-5-18-17(22)19-15(20)10-25-16(21)12-6-7-13(14(8-12)23-4)24-9-11(2)3/h6-8,11H,5,9-10H2,1-4H3,(H2,18,19,20,22). The van der Waals surface area contributed by atoms with Gasteiger partial charge in [0, 0.05) is 6.54 Å². The molecule has 0 spiro atoms. The number of esters is 1. The van der Waals surface area contributed by atoms with Crippen molar-refractivity contribution in [3.63, 3.8) is 0 Å². The molecule has 8 nitrogen and oxygen atoms in total. The Morgan fingerprint density at radius 2 is 1.88 bits per heavy atom. The van der Waals surface area contributed by atoms with Crippen LogP contribution in [-0.4, -0.2) is 44.8 Å². The second kappa shape index (κ2) is 10.2. The van der Waals surface area contributed by atoms with E-state index >= 15 is 0 Å². The minimum Gasteiger partial charge on any atom is -0.493 e. The Kier molecular flexibility index (Phi) is 8.25. The van der Waals surface area contributed by atoms with Gasteiger partial charge in [-0.3, -0.25) is 10.1 Å². The van der Waals surface area contributed by atoms with E-state index in [0.29, 0.717) is 30.6 Å². The van der Waals surface area contributed by atoms with Crippen LogP contribution in [0.15, 0.2) is 18.2 Å². The summed E-state index contributed by atoms with van der Waals surface area (Å²) >= 11 is 0. The van der Waals surface area contributed by atoms with Crippen LogP contribution in [0.5, 0.6) is 11.5 Å². The minimum atomic E-state index is -0.719. The fourth-order valence-corrected chi connectivity index (χ4v) is 1.75. The Hall–Kier alpha value is -2.77. The lowest BCUT2D eigenvalue weighted by molar-refractivity contribution is -0.123. The third-order valence-electron chi connectivity index (χ3n) is 2.90. The summed E-state index contributed by atoms with van der Waals surface area (Å²) in [5.41, 5.74) is 0.208. The number of benzene rings is 1. The molecule has 1 aromatic rings. The van der Waals surface area contributed by atoms with E-state index < -0.39 is 24.5 Å². The maximum atomic E-state index is 12.0. The molecule has 0 aromatic heterocycles. The highest BCUT2D eigenvalue weighted by Gasteiger charge is 2.15. The van der Waals surface area contributed by atoms with Crippen LogP contribution in [0.1, 0.15) is 31.1 Å². The summed E-state index contributed by atoms with van der Waals surface area (Å²) in [5, 5.41) is 4.43. The quantitative estimate of drug-likeness (QED) is 0.691. The van der Waals surface area contributed by atoms with Gasteiger partial charge in [0.1, 0.15) is 0 Å². The largest absolute Gasteiger partial charge is 0.493 e. The van der Waals surface area contributed by atoms with Crippen LogP contribution in [0.4, 0.5) is 4.79 Å². The maximum absolute atomic E-state index is 12.0. The number of imide groups is 1. The summed E-state index contributed by atoms with van der Waals surface area (Å²) in [6.45, 7) is 6.08. The Morgan fingerprint density at radius 1 is 1.16 bits per heavy atom. The van der Waals surface area contributed by atoms with Gasteiger partial charge < -0.3 is 19.5 Å². The van der Waals surface area contributed by atoms with Gasteiger partial charge in [0.2, 0.25) is 0 Å². The number of nitrogens with one attached hydrogen (secondary N) is 2. The Balaban J connectivity index is 2.63. The molecule has 8 heteroatoms. The van der Waals surface area contributed by atoms with Gasteiger partial charge in [0.25, 0.3) is 5.91 Å². The van der Waals surface area contributed by atoms with Crippen molar-refractivity contribution < 1.29 is 28.6 Å². The number of rotatable bonds is 8. The zero-order valence-electron chi connectivity index (χ0n) is 14.9. The Morgan fingerprint density at radius 3 is 2.48 bits per heavy atom. The molecular formula is C17H24N2O6. The molecule has 138 valence electrons. The second-order valence-electron chi connectivity index (χ2n) is 5.55. The van der Waals surface area contributed by atoms with E-state index in [1.165, 1.54) is 19.2 Å². The van der Waals surface area contributed by atoms with Crippen molar-refractivity contribution >= 4 is 17.9 Å². The topological polar surface area (TPSA) is 103 Å². The molecule has 2 N–H and O–H groups in total. The van der Waals surface area contributed by atoms with Crippen molar-refractivity contribution in [2.45, 2.75) is 20.8 Å². The van der Waals surface area contributed by atoms with E-state index in [4.69, 9.17) is 14.2 Å². The normalized spacial score (nSPS) is 10.1. The van der Waals surface area contributed by atoms with E-state index in [2.05, 4.69) is 5.32 Å². The highest BCUT2D eigenvalue weighted by atomic mass is 16.5. The summed E-state index contributed by atoms with van der Waals surface area (Å²) < 4.78 is 15.7. The summed E-state index contributed by atoms with van der Waals surface area (Å²) in [5.74, 6) is -0.177. The van der Waals surface area contributed by atoms with E-state index in [0.717, 1.165) is 0 Å². The molecule has 0 bridgehead atoms. The first-order valence-electron chi connectivity index (χ1n) is 7.93. The average molecular weight is 352 g/mol. The number of methoxy groups -OCH3 is 1. The molecule has 0 atom stereocenters. The van der Waals surface area contributed by atoms with Crippen molar-refractivity contribution in [1.29, 1.82) is 0 Å². The van der Waals surface area contributed by atoms with Gasteiger partial charge in [0.05, 0.1) is 19.3 Å². The zero-order valence-corrected chi connectivity index (χ0v) is 14.9. The predicted octanol–water partition coefficient (Wildman–Crippen LogP) is 1.73. The molecule has 0 heterocycles. The number of ether oxygens (including phenoxy) is 3. The van der Waals surface area contributed by atoms with Crippen molar-refractivity contribution in [3.8, 4) is 11.5 Å². The van der Waals surface area contributed by atoms with Gasteiger partial charge in [-0.15, -0.1) is 0 Å². The van der Waals surface area contributed by atoms with E-state index in [9.17, 15) is 14.4 Å². The highest BCUT2D eigenvalue weighted by molar-refractivity contribution is 5.97. The molecule has 0 saturated heterocycles. The molecule has 1 rings (SSSR count). The monoisotopic (exact) mass is 352 g/mol. The first kappa shape index (κ1) is 20.3. The molecule has 0 aliphatic heterocycles. The van der Waals surface area contributed by atoms with Gasteiger partial charge in [0.15, 0.2) is 18.1 Å². The first-order chi connectivity index (χ1) is 11.9. The number of carbonyl (C=O) groups is 3. The lowest BCUT2D eigenvalue weighted by Gasteiger charge is -2.13. The van der Waals surface area contributed by atoms with Crippen LogP contribution in [0.25, 0.3) is 0 Å². The van der Waals surface area contributed by atoms with Crippen molar-refractivity contribution in [1.82, 2.24) is 10.6 Å². The summed E-state index contributed by atoms with van der Waals surface area (Å²) in [6, 6.07) is 3.95. The molecule has 0 aliphatic rings. The summed E-state index contributed by atoms with van der Waals surface area (Å²) in [7, 11) is 1.46. The third kappa shape index (κ3) is 7.11. The van der Waals surface area contributed by atoms with Crippen LogP contribution in [0.2, 0.25) is 0 Å². The van der Waals surface area contributed by atoms with Gasteiger partial charge in [-0.2, -0.15) is 0 Å². The van der Waals surface area contributed by atoms with Gasteiger partial charge in [-0.1, -0.05) is 13.8 Å². The molecule has 1 aromatic carbocycles. The van der Waals surface area contributed by atoms with Crippen molar-refractivity contribution in [2.24, 2.45) is 5.92 Å².